The minimum Gasteiger partial charge on any atom is -0.342 e. The van der Waals surface area contributed by atoms with Crippen molar-refractivity contribution in [2.75, 3.05) is 18.0 Å². The zero-order chi connectivity index (χ0) is 18.4. The molecule has 1 saturated heterocycles. The molecule has 0 bridgehead atoms. The molecule has 8 nitrogen and oxygen atoms in total. The van der Waals surface area contributed by atoms with Gasteiger partial charge in [-0.25, -0.2) is 4.68 Å². The summed E-state index contributed by atoms with van der Waals surface area (Å²) in [5.41, 5.74) is 3.19. The summed E-state index contributed by atoms with van der Waals surface area (Å²) in [4.78, 5) is 22.1. The number of H-pyrrole nitrogens is 1. The zero-order valence-electron chi connectivity index (χ0n) is 15.8. The maximum absolute atomic E-state index is 12.5. The van der Waals surface area contributed by atoms with Crippen LogP contribution >= 0.6 is 0 Å². The Hall–Kier alpha value is -2.64. The fourth-order valence-electron chi connectivity index (χ4n) is 3.69. The van der Waals surface area contributed by atoms with Crippen LogP contribution in [0.5, 0.6) is 0 Å². The SMILES string of the molecule is CCC(C)n1nc(C)c(-n2cc3c(=O)[nH]c(N4CCCC4)nc3n2)c1C. The summed E-state index contributed by atoms with van der Waals surface area (Å²) in [6, 6.07) is 0.315. The number of rotatable bonds is 4. The minimum absolute atomic E-state index is 0.146. The van der Waals surface area contributed by atoms with Gasteiger partial charge in [-0.15, -0.1) is 5.10 Å². The highest BCUT2D eigenvalue weighted by atomic mass is 16.1. The van der Waals surface area contributed by atoms with Gasteiger partial charge in [0.25, 0.3) is 5.56 Å². The monoisotopic (exact) mass is 355 g/mol. The van der Waals surface area contributed by atoms with Crippen molar-refractivity contribution in [3.63, 3.8) is 0 Å². The van der Waals surface area contributed by atoms with E-state index >= 15 is 0 Å². The first-order valence-electron chi connectivity index (χ1n) is 9.30. The second-order valence-corrected chi connectivity index (χ2v) is 7.12. The maximum atomic E-state index is 12.5. The van der Waals surface area contributed by atoms with Gasteiger partial charge in [0.2, 0.25) is 5.95 Å². The summed E-state index contributed by atoms with van der Waals surface area (Å²) in [5.74, 6) is 0.619. The quantitative estimate of drug-likeness (QED) is 0.777. The summed E-state index contributed by atoms with van der Waals surface area (Å²) in [6.07, 6.45) is 5.02. The highest BCUT2D eigenvalue weighted by Crippen LogP contribution is 2.24. The van der Waals surface area contributed by atoms with E-state index in [2.05, 4.69) is 38.9 Å². The van der Waals surface area contributed by atoms with Gasteiger partial charge in [-0.1, -0.05) is 6.92 Å². The van der Waals surface area contributed by atoms with E-state index in [-0.39, 0.29) is 5.56 Å². The fraction of sp³-hybridized carbons (Fsp3) is 0.556. The van der Waals surface area contributed by atoms with Crippen molar-refractivity contribution in [3.8, 4) is 5.69 Å². The third-order valence-electron chi connectivity index (χ3n) is 5.31. The molecule has 0 aliphatic carbocycles. The summed E-state index contributed by atoms with van der Waals surface area (Å²) < 4.78 is 3.78. The molecule has 1 unspecified atom stereocenters. The Kier molecular flexibility index (Phi) is 4.05. The van der Waals surface area contributed by atoms with Crippen LogP contribution in [-0.4, -0.2) is 42.6 Å². The van der Waals surface area contributed by atoms with E-state index in [1.807, 2.05) is 18.5 Å². The number of hydrogen-bond acceptors (Lipinski definition) is 5. The van der Waals surface area contributed by atoms with E-state index in [1.54, 1.807) is 10.9 Å². The van der Waals surface area contributed by atoms with Gasteiger partial charge in [0.05, 0.1) is 11.4 Å². The molecule has 4 rings (SSSR count). The minimum atomic E-state index is -0.146. The average Bonchev–Trinajstić information content (AvgIpc) is 3.33. The topological polar surface area (TPSA) is 84.6 Å². The predicted octanol–water partition coefficient (Wildman–Crippen LogP) is 2.49. The normalized spacial score (nSPS) is 15.9. The molecule has 1 aliphatic rings. The highest BCUT2D eigenvalue weighted by molar-refractivity contribution is 5.74. The van der Waals surface area contributed by atoms with Crippen LogP contribution in [-0.2, 0) is 0 Å². The van der Waals surface area contributed by atoms with E-state index in [0.717, 1.165) is 49.4 Å². The van der Waals surface area contributed by atoms with Gasteiger partial charge in [0.15, 0.2) is 5.65 Å². The number of fused-ring (bicyclic) bond motifs is 1. The lowest BCUT2D eigenvalue weighted by molar-refractivity contribution is 0.465. The molecule has 8 heteroatoms. The van der Waals surface area contributed by atoms with Crippen LogP contribution in [0.3, 0.4) is 0 Å². The molecule has 1 N–H and O–H groups in total. The average molecular weight is 355 g/mol. The fourth-order valence-corrected chi connectivity index (χ4v) is 3.69. The number of aryl methyl sites for hydroxylation is 1. The van der Waals surface area contributed by atoms with Gasteiger partial charge in [-0.05, 0) is 40.0 Å². The molecular weight excluding hydrogens is 330 g/mol. The summed E-state index contributed by atoms with van der Waals surface area (Å²) in [6.45, 7) is 10.2. The number of anilines is 1. The Morgan fingerprint density at radius 2 is 1.96 bits per heavy atom. The molecule has 0 radical (unpaired) electrons. The van der Waals surface area contributed by atoms with Crippen molar-refractivity contribution in [2.24, 2.45) is 0 Å². The van der Waals surface area contributed by atoms with Gasteiger partial charge < -0.3 is 4.90 Å². The first-order valence-corrected chi connectivity index (χ1v) is 9.30. The molecule has 138 valence electrons. The Morgan fingerprint density at radius 3 is 2.65 bits per heavy atom. The Bertz CT molecular complexity index is 1010. The van der Waals surface area contributed by atoms with Crippen LogP contribution in [0.1, 0.15) is 50.5 Å². The van der Waals surface area contributed by atoms with Gasteiger partial charge >= 0.3 is 0 Å². The Labute approximate surface area is 151 Å². The summed E-state index contributed by atoms with van der Waals surface area (Å²) >= 11 is 0. The lowest BCUT2D eigenvalue weighted by atomic mass is 10.2. The van der Waals surface area contributed by atoms with Crippen molar-refractivity contribution < 1.29 is 0 Å². The summed E-state index contributed by atoms with van der Waals surface area (Å²) in [5, 5.41) is 9.78. The maximum Gasteiger partial charge on any atom is 0.263 e. The molecule has 0 amide bonds. The molecule has 0 aromatic carbocycles. The molecule has 26 heavy (non-hydrogen) atoms. The van der Waals surface area contributed by atoms with Crippen molar-refractivity contribution in [1.82, 2.24) is 29.5 Å². The zero-order valence-corrected chi connectivity index (χ0v) is 15.8. The first kappa shape index (κ1) is 16.8. The molecule has 1 fully saturated rings. The number of nitrogens with zero attached hydrogens (tertiary/aromatic N) is 6. The third kappa shape index (κ3) is 2.60. The van der Waals surface area contributed by atoms with Crippen LogP contribution < -0.4 is 10.5 Å². The van der Waals surface area contributed by atoms with Crippen molar-refractivity contribution in [3.05, 3.63) is 27.9 Å². The summed E-state index contributed by atoms with van der Waals surface area (Å²) in [7, 11) is 0. The third-order valence-corrected chi connectivity index (χ3v) is 5.31. The molecule has 0 spiro atoms. The molecular formula is C18H25N7O. The number of hydrogen-bond donors (Lipinski definition) is 1. The van der Waals surface area contributed by atoms with Crippen LogP contribution in [0, 0.1) is 13.8 Å². The van der Waals surface area contributed by atoms with Crippen LogP contribution in [0.15, 0.2) is 11.0 Å². The standard InChI is InChI=1S/C18H25N7O/c1-5-11(2)25-13(4)15(12(3)21-25)24-10-14-16(22-24)19-18(20-17(14)26)23-8-6-7-9-23/h10-11H,5-9H2,1-4H3,(H,19,20,22,26). The highest BCUT2D eigenvalue weighted by Gasteiger charge is 2.20. The largest absolute Gasteiger partial charge is 0.342 e. The van der Waals surface area contributed by atoms with Gasteiger partial charge in [0, 0.05) is 25.3 Å². The smallest absolute Gasteiger partial charge is 0.263 e. The van der Waals surface area contributed by atoms with Crippen LogP contribution in [0.4, 0.5) is 5.95 Å². The molecule has 3 aromatic heterocycles. The Balaban J connectivity index is 1.82. The lowest BCUT2D eigenvalue weighted by Crippen LogP contribution is -2.23. The van der Waals surface area contributed by atoms with Crippen LogP contribution in [0.2, 0.25) is 0 Å². The first-order chi connectivity index (χ1) is 12.5. The predicted molar refractivity (Wildman–Crippen MR) is 101 cm³/mol. The van der Waals surface area contributed by atoms with Crippen molar-refractivity contribution in [2.45, 2.75) is 53.0 Å². The van der Waals surface area contributed by atoms with Crippen molar-refractivity contribution in [1.29, 1.82) is 0 Å². The number of nitrogens with one attached hydrogen (secondary N) is 1. The second-order valence-electron chi connectivity index (χ2n) is 7.12. The number of aromatic nitrogens is 6. The molecule has 3 aromatic rings. The van der Waals surface area contributed by atoms with E-state index in [1.165, 1.54) is 0 Å². The second kappa shape index (κ2) is 6.26. The van der Waals surface area contributed by atoms with Crippen LogP contribution in [0.25, 0.3) is 16.7 Å². The van der Waals surface area contributed by atoms with E-state index in [9.17, 15) is 4.79 Å². The molecule has 1 aliphatic heterocycles. The van der Waals surface area contributed by atoms with Gasteiger partial charge in [-0.2, -0.15) is 10.1 Å². The van der Waals surface area contributed by atoms with E-state index < -0.39 is 0 Å². The van der Waals surface area contributed by atoms with Gasteiger partial charge in [0.1, 0.15) is 11.1 Å². The van der Waals surface area contributed by atoms with E-state index in [0.29, 0.717) is 23.0 Å². The van der Waals surface area contributed by atoms with Crippen molar-refractivity contribution >= 4 is 17.0 Å². The van der Waals surface area contributed by atoms with E-state index in [4.69, 9.17) is 0 Å². The molecule has 4 heterocycles. The molecule has 0 saturated carbocycles. The lowest BCUT2D eigenvalue weighted by Gasteiger charge is -2.14. The van der Waals surface area contributed by atoms with Gasteiger partial charge in [-0.3, -0.25) is 14.5 Å². The molecule has 1 atom stereocenters. The number of aromatic amines is 1. The Morgan fingerprint density at radius 1 is 1.23 bits per heavy atom.